The number of methoxy groups -OCH3 is 1. The number of esters is 1. The summed E-state index contributed by atoms with van der Waals surface area (Å²) >= 11 is 9.88. The van der Waals surface area contributed by atoms with Crippen molar-refractivity contribution < 1.29 is 17.9 Å². The molecule has 1 heterocycles. The van der Waals surface area contributed by atoms with Gasteiger partial charge in [-0.1, -0.05) is 11.6 Å². The number of thiophene rings is 1. The maximum Gasteiger partial charge on any atom is 0.321 e. The number of hydrogen-bond acceptors (Lipinski definition) is 5. The quantitative estimate of drug-likeness (QED) is 0.768. The second-order valence-corrected chi connectivity index (χ2v) is 8.07. The van der Waals surface area contributed by atoms with Gasteiger partial charge in [-0.2, -0.15) is 4.31 Å². The minimum atomic E-state index is -3.71. The maximum absolute atomic E-state index is 12.0. The van der Waals surface area contributed by atoms with Crippen molar-refractivity contribution in [3.8, 4) is 0 Å². The van der Waals surface area contributed by atoms with Crippen LogP contribution in [0.4, 0.5) is 0 Å². The zero-order valence-corrected chi connectivity index (χ0v) is 12.9. The van der Waals surface area contributed by atoms with E-state index in [1.807, 2.05) is 0 Å². The minimum Gasteiger partial charge on any atom is -0.468 e. The summed E-state index contributed by atoms with van der Waals surface area (Å²) in [4.78, 5) is 11.0. The van der Waals surface area contributed by atoms with E-state index in [9.17, 15) is 13.2 Å². The average Bonchev–Trinajstić information content (AvgIpc) is 2.59. The summed E-state index contributed by atoms with van der Waals surface area (Å²) in [6.45, 7) is -0.341. The van der Waals surface area contributed by atoms with Gasteiger partial charge in [0.2, 0.25) is 0 Å². The third-order valence-electron chi connectivity index (χ3n) is 1.87. The van der Waals surface area contributed by atoms with Crippen molar-refractivity contribution >= 4 is 54.9 Å². The zero-order chi connectivity index (χ0) is 13.2. The molecule has 0 unspecified atom stereocenters. The van der Waals surface area contributed by atoms with Crippen LogP contribution in [0, 0.1) is 0 Å². The molecule has 0 aliphatic heterocycles. The molecule has 1 aromatic heterocycles. The molecule has 5 nitrogen and oxygen atoms in total. The SMILES string of the molecule is COC(=O)CN(C)S(=O)(=O)c1cc(Cl)c(Br)s1. The average molecular weight is 363 g/mol. The van der Waals surface area contributed by atoms with Crippen molar-refractivity contribution in [1.29, 1.82) is 0 Å². The topological polar surface area (TPSA) is 63.7 Å². The molecule has 17 heavy (non-hydrogen) atoms. The first-order valence-electron chi connectivity index (χ1n) is 4.27. The van der Waals surface area contributed by atoms with E-state index in [4.69, 9.17) is 11.6 Å². The second-order valence-electron chi connectivity index (χ2n) is 3.02. The fourth-order valence-corrected chi connectivity index (χ4v) is 4.66. The lowest BCUT2D eigenvalue weighted by molar-refractivity contribution is -0.140. The van der Waals surface area contributed by atoms with Gasteiger partial charge in [0.05, 0.1) is 15.9 Å². The molecular formula is C8H9BrClNO4S2. The Morgan fingerprint density at radius 2 is 2.24 bits per heavy atom. The second kappa shape index (κ2) is 5.66. The lowest BCUT2D eigenvalue weighted by Crippen LogP contribution is -2.32. The summed E-state index contributed by atoms with van der Waals surface area (Å²) in [6, 6.07) is 1.33. The van der Waals surface area contributed by atoms with Crippen LogP contribution in [0.2, 0.25) is 5.02 Å². The Labute approximate surface area is 116 Å². The Morgan fingerprint density at radius 3 is 2.65 bits per heavy atom. The zero-order valence-electron chi connectivity index (χ0n) is 8.94. The van der Waals surface area contributed by atoms with E-state index in [-0.39, 0.29) is 10.8 Å². The largest absolute Gasteiger partial charge is 0.468 e. The van der Waals surface area contributed by atoms with Gasteiger partial charge < -0.3 is 4.74 Å². The number of hydrogen-bond donors (Lipinski definition) is 0. The van der Waals surface area contributed by atoms with Gasteiger partial charge in [0.1, 0.15) is 10.8 Å². The Morgan fingerprint density at radius 1 is 1.65 bits per heavy atom. The van der Waals surface area contributed by atoms with Crippen molar-refractivity contribution in [2.75, 3.05) is 20.7 Å². The van der Waals surface area contributed by atoms with Crippen molar-refractivity contribution in [2.24, 2.45) is 0 Å². The van der Waals surface area contributed by atoms with Crippen LogP contribution in [0.5, 0.6) is 0 Å². The van der Waals surface area contributed by atoms with Gasteiger partial charge in [-0.15, -0.1) is 11.3 Å². The lowest BCUT2D eigenvalue weighted by atomic mass is 10.7. The number of halogens is 2. The van der Waals surface area contributed by atoms with Crippen LogP contribution in [0.15, 0.2) is 14.1 Å². The molecule has 0 fully saturated rings. The van der Waals surface area contributed by atoms with E-state index in [1.54, 1.807) is 0 Å². The van der Waals surface area contributed by atoms with Crippen LogP contribution in [0.1, 0.15) is 0 Å². The van der Waals surface area contributed by atoms with E-state index < -0.39 is 16.0 Å². The third kappa shape index (κ3) is 3.41. The first-order chi connectivity index (χ1) is 7.78. The van der Waals surface area contributed by atoms with E-state index in [1.165, 1.54) is 20.2 Å². The van der Waals surface area contributed by atoms with Crippen LogP contribution in [-0.4, -0.2) is 39.4 Å². The summed E-state index contributed by atoms with van der Waals surface area (Å²) in [6.07, 6.45) is 0. The molecule has 0 aliphatic carbocycles. The molecule has 9 heteroatoms. The first-order valence-corrected chi connectivity index (χ1v) is 7.69. The van der Waals surface area contributed by atoms with Gasteiger partial charge in [-0.3, -0.25) is 4.79 Å². The summed E-state index contributed by atoms with van der Waals surface area (Å²) in [5.41, 5.74) is 0. The summed E-state index contributed by atoms with van der Waals surface area (Å²) in [7, 11) is -1.21. The maximum atomic E-state index is 12.0. The Kier molecular flexibility index (Phi) is 4.96. The molecule has 0 bridgehead atoms. The molecule has 0 atom stereocenters. The van der Waals surface area contributed by atoms with Gasteiger partial charge in [0.25, 0.3) is 10.0 Å². The Balaban J connectivity index is 2.99. The number of ether oxygens (including phenoxy) is 1. The normalized spacial score (nSPS) is 11.8. The van der Waals surface area contributed by atoms with Crippen LogP contribution in [-0.2, 0) is 19.6 Å². The molecular weight excluding hydrogens is 354 g/mol. The molecule has 1 aromatic rings. The van der Waals surface area contributed by atoms with Gasteiger partial charge in [-0.05, 0) is 22.0 Å². The molecule has 0 saturated heterocycles. The molecule has 0 aromatic carbocycles. The molecule has 0 N–H and O–H groups in total. The number of rotatable bonds is 4. The van der Waals surface area contributed by atoms with Crippen molar-refractivity contribution in [3.63, 3.8) is 0 Å². The molecule has 0 spiro atoms. The van der Waals surface area contributed by atoms with E-state index in [2.05, 4.69) is 20.7 Å². The van der Waals surface area contributed by atoms with Gasteiger partial charge in [0, 0.05) is 7.05 Å². The first kappa shape index (κ1) is 14.9. The molecule has 1 rings (SSSR count). The van der Waals surface area contributed by atoms with Crippen molar-refractivity contribution in [3.05, 3.63) is 14.9 Å². The fourth-order valence-electron chi connectivity index (χ4n) is 0.939. The standard InChI is InChI=1S/C8H9BrClNO4S2/c1-11(4-6(12)15-2)17(13,14)7-3-5(10)8(9)16-7/h3H,4H2,1-2H3. The molecule has 0 saturated carbocycles. The predicted molar refractivity (Wildman–Crippen MR) is 68.9 cm³/mol. The number of carbonyl (C=O) groups excluding carboxylic acids is 1. The third-order valence-corrected chi connectivity index (χ3v) is 6.59. The van der Waals surface area contributed by atoms with Crippen LogP contribution < -0.4 is 0 Å². The predicted octanol–water partition coefficient (Wildman–Crippen LogP) is 1.96. The van der Waals surface area contributed by atoms with Crippen molar-refractivity contribution in [1.82, 2.24) is 4.31 Å². The summed E-state index contributed by atoms with van der Waals surface area (Å²) in [5.74, 6) is -0.627. The highest BCUT2D eigenvalue weighted by atomic mass is 79.9. The number of nitrogens with zero attached hydrogens (tertiary/aromatic N) is 1. The monoisotopic (exact) mass is 361 g/mol. The molecule has 0 radical (unpaired) electrons. The highest BCUT2D eigenvalue weighted by molar-refractivity contribution is 9.11. The number of likely N-dealkylation sites (N-methyl/N-ethyl adjacent to an activating group) is 1. The Hall–Kier alpha value is -0.150. The number of carbonyl (C=O) groups is 1. The number of sulfonamides is 1. The molecule has 0 amide bonds. The summed E-state index contributed by atoms with van der Waals surface area (Å²) in [5, 5.41) is 0.319. The smallest absolute Gasteiger partial charge is 0.321 e. The van der Waals surface area contributed by atoms with E-state index >= 15 is 0 Å². The van der Waals surface area contributed by atoms with Crippen LogP contribution >= 0.6 is 38.9 Å². The summed E-state index contributed by atoms with van der Waals surface area (Å²) < 4.78 is 29.9. The molecule has 0 aliphatic rings. The Bertz CT molecular complexity index is 508. The van der Waals surface area contributed by atoms with Crippen molar-refractivity contribution in [2.45, 2.75) is 4.21 Å². The van der Waals surface area contributed by atoms with Gasteiger partial charge in [-0.25, -0.2) is 8.42 Å². The van der Waals surface area contributed by atoms with Crippen LogP contribution in [0.3, 0.4) is 0 Å². The fraction of sp³-hybridized carbons (Fsp3) is 0.375. The van der Waals surface area contributed by atoms with Crippen LogP contribution in [0.25, 0.3) is 0 Å². The van der Waals surface area contributed by atoms with Gasteiger partial charge in [0.15, 0.2) is 0 Å². The van der Waals surface area contributed by atoms with Gasteiger partial charge >= 0.3 is 5.97 Å². The highest BCUT2D eigenvalue weighted by Crippen LogP contribution is 2.35. The lowest BCUT2D eigenvalue weighted by Gasteiger charge is -2.13. The van der Waals surface area contributed by atoms with E-state index in [0.29, 0.717) is 8.81 Å². The minimum absolute atomic E-state index is 0.0702. The van der Waals surface area contributed by atoms with E-state index in [0.717, 1.165) is 15.6 Å². The highest BCUT2D eigenvalue weighted by Gasteiger charge is 2.26. The molecule has 96 valence electrons.